The number of halogens is 2. The number of amides is 2. The predicted octanol–water partition coefficient (Wildman–Crippen LogP) is 1.72. The van der Waals surface area contributed by atoms with Gasteiger partial charge in [0.1, 0.15) is 11.6 Å². The van der Waals surface area contributed by atoms with Crippen LogP contribution in [0.3, 0.4) is 0 Å². The van der Waals surface area contributed by atoms with E-state index >= 15 is 0 Å². The molecule has 1 heterocycles. The second-order valence-corrected chi connectivity index (χ2v) is 5.50. The lowest BCUT2D eigenvalue weighted by atomic mass is 10.0. The molecule has 0 unspecified atom stereocenters. The molecule has 1 aliphatic heterocycles. The number of nitrogens with one attached hydrogen (secondary N) is 1. The molecule has 1 aromatic rings. The number of nitrogens with zero attached hydrogens (tertiary/aromatic N) is 1. The Morgan fingerprint density at radius 2 is 2.00 bits per heavy atom. The van der Waals surface area contributed by atoms with Crippen molar-refractivity contribution >= 4 is 11.8 Å². The molecule has 126 valence electrons. The molecule has 23 heavy (non-hydrogen) atoms. The summed E-state index contributed by atoms with van der Waals surface area (Å²) in [6.07, 6.45) is 1.51. The molecule has 0 radical (unpaired) electrons. The first-order chi connectivity index (χ1) is 11.0. The summed E-state index contributed by atoms with van der Waals surface area (Å²) in [7, 11) is 1.53. The molecule has 7 heteroatoms. The third-order valence-corrected chi connectivity index (χ3v) is 3.84. The first-order valence-corrected chi connectivity index (χ1v) is 7.54. The van der Waals surface area contributed by atoms with Gasteiger partial charge in [0.2, 0.25) is 5.91 Å². The summed E-state index contributed by atoms with van der Waals surface area (Å²) in [6.45, 7) is 1.21. The van der Waals surface area contributed by atoms with Gasteiger partial charge in [-0.2, -0.15) is 0 Å². The minimum Gasteiger partial charge on any atom is -0.384 e. The topological polar surface area (TPSA) is 58.6 Å². The highest BCUT2D eigenvalue weighted by Gasteiger charge is 2.26. The van der Waals surface area contributed by atoms with Crippen LogP contribution in [0.5, 0.6) is 0 Å². The van der Waals surface area contributed by atoms with Gasteiger partial charge in [-0.1, -0.05) is 0 Å². The molecule has 1 fully saturated rings. The Hall–Kier alpha value is -2.02. The van der Waals surface area contributed by atoms with Crippen LogP contribution in [0.15, 0.2) is 18.2 Å². The van der Waals surface area contributed by atoms with Crippen LogP contribution in [0.4, 0.5) is 8.78 Å². The number of benzene rings is 1. The standard InChI is InChI=1S/C16H20F2N2O3/c1-23-9-6-15(21)19-12-4-7-20(8-5-12)16(22)13-3-2-11(17)10-14(13)18/h2-3,10,12H,4-9H2,1H3,(H,19,21). The number of carbonyl (C=O) groups is 2. The fourth-order valence-electron chi connectivity index (χ4n) is 2.55. The highest BCUT2D eigenvalue weighted by atomic mass is 19.1. The molecular weight excluding hydrogens is 306 g/mol. The summed E-state index contributed by atoms with van der Waals surface area (Å²) < 4.78 is 31.4. The molecule has 0 atom stereocenters. The molecule has 1 N–H and O–H groups in total. The van der Waals surface area contributed by atoms with Crippen molar-refractivity contribution in [2.75, 3.05) is 26.8 Å². The van der Waals surface area contributed by atoms with Crippen LogP contribution in [0.2, 0.25) is 0 Å². The summed E-state index contributed by atoms with van der Waals surface area (Å²) in [5.41, 5.74) is -0.131. The molecule has 5 nitrogen and oxygen atoms in total. The van der Waals surface area contributed by atoms with Crippen LogP contribution in [0.1, 0.15) is 29.6 Å². The molecule has 1 aromatic carbocycles. The lowest BCUT2D eigenvalue weighted by Gasteiger charge is -2.32. The third-order valence-electron chi connectivity index (χ3n) is 3.84. The van der Waals surface area contributed by atoms with Crippen molar-refractivity contribution in [1.29, 1.82) is 0 Å². The van der Waals surface area contributed by atoms with Crippen LogP contribution in [0, 0.1) is 11.6 Å². The Bertz CT molecular complexity index is 572. The van der Waals surface area contributed by atoms with Gasteiger partial charge in [0, 0.05) is 38.7 Å². The Morgan fingerprint density at radius 3 is 2.61 bits per heavy atom. The quantitative estimate of drug-likeness (QED) is 0.896. The summed E-state index contributed by atoms with van der Waals surface area (Å²) in [4.78, 5) is 25.4. The molecular formula is C16H20F2N2O3. The van der Waals surface area contributed by atoms with Gasteiger partial charge in [0.05, 0.1) is 12.2 Å². The maximum atomic E-state index is 13.7. The van der Waals surface area contributed by atoms with E-state index in [1.165, 1.54) is 12.0 Å². The zero-order valence-corrected chi connectivity index (χ0v) is 13.0. The zero-order chi connectivity index (χ0) is 16.8. The molecule has 2 amide bonds. The van der Waals surface area contributed by atoms with Crippen LogP contribution >= 0.6 is 0 Å². The summed E-state index contributed by atoms with van der Waals surface area (Å²) in [5, 5.41) is 2.89. The van der Waals surface area contributed by atoms with Crippen molar-refractivity contribution < 1.29 is 23.1 Å². The van der Waals surface area contributed by atoms with Crippen molar-refractivity contribution in [2.45, 2.75) is 25.3 Å². The van der Waals surface area contributed by atoms with Crippen molar-refractivity contribution in [1.82, 2.24) is 10.2 Å². The highest BCUT2D eigenvalue weighted by molar-refractivity contribution is 5.94. The second-order valence-electron chi connectivity index (χ2n) is 5.50. The third kappa shape index (κ3) is 4.72. The number of ether oxygens (including phenoxy) is 1. The van der Waals surface area contributed by atoms with Gasteiger partial charge in [-0.3, -0.25) is 9.59 Å². The average Bonchev–Trinajstić information content (AvgIpc) is 2.53. The Labute approximate surface area is 133 Å². The molecule has 0 aliphatic carbocycles. The normalized spacial score (nSPS) is 15.5. The van der Waals surface area contributed by atoms with Gasteiger partial charge in [-0.25, -0.2) is 8.78 Å². The molecule has 1 aliphatic rings. The molecule has 0 bridgehead atoms. The number of hydrogen-bond acceptors (Lipinski definition) is 3. The van der Waals surface area contributed by atoms with E-state index in [2.05, 4.69) is 5.32 Å². The van der Waals surface area contributed by atoms with E-state index in [0.717, 1.165) is 12.1 Å². The van der Waals surface area contributed by atoms with Gasteiger partial charge in [0.15, 0.2) is 0 Å². The van der Waals surface area contributed by atoms with Crippen LogP contribution in [0.25, 0.3) is 0 Å². The van der Waals surface area contributed by atoms with Crippen LogP contribution in [-0.2, 0) is 9.53 Å². The van der Waals surface area contributed by atoms with E-state index in [0.29, 0.717) is 45.0 Å². The maximum Gasteiger partial charge on any atom is 0.256 e. The minimum absolute atomic E-state index is 0.00136. The van der Waals surface area contributed by atoms with E-state index in [1.807, 2.05) is 0 Å². The summed E-state index contributed by atoms with van der Waals surface area (Å²) in [5.74, 6) is -2.10. The van der Waals surface area contributed by atoms with Gasteiger partial charge in [0.25, 0.3) is 5.91 Å². The van der Waals surface area contributed by atoms with Crippen molar-refractivity contribution in [3.8, 4) is 0 Å². The molecule has 1 saturated heterocycles. The smallest absolute Gasteiger partial charge is 0.256 e. The number of methoxy groups -OCH3 is 1. The van der Waals surface area contributed by atoms with E-state index in [4.69, 9.17) is 4.74 Å². The van der Waals surface area contributed by atoms with Gasteiger partial charge >= 0.3 is 0 Å². The largest absolute Gasteiger partial charge is 0.384 e. The first kappa shape index (κ1) is 17.3. The van der Waals surface area contributed by atoms with E-state index in [-0.39, 0.29) is 17.5 Å². The van der Waals surface area contributed by atoms with Gasteiger partial charge < -0.3 is 15.0 Å². The van der Waals surface area contributed by atoms with Crippen molar-refractivity contribution in [3.63, 3.8) is 0 Å². The molecule has 2 rings (SSSR count). The van der Waals surface area contributed by atoms with Crippen molar-refractivity contribution in [3.05, 3.63) is 35.4 Å². The van der Waals surface area contributed by atoms with Crippen LogP contribution in [-0.4, -0.2) is 49.6 Å². The van der Waals surface area contributed by atoms with Gasteiger partial charge in [-0.05, 0) is 25.0 Å². The molecule has 0 aromatic heterocycles. The monoisotopic (exact) mass is 326 g/mol. The van der Waals surface area contributed by atoms with E-state index < -0.39 is 17.5 Å². The van der Waals surface area contributed by atoms with E-state index in [1.54, 1.807) is 0 Å². The van der Waals surface area contributed by atoms with Crippen molar-refractivity contribution in [2.24, 2.45) is 0 Å². The number of likely N-dealkylation sites (tertiary alicyclic amines) is 1. The Kier molecular flexibility index (Phi) is 6.04. The summed E-state index contributed by atoms with van der Waals surface area (Å²) >= 11 is 0. The fraction of sp³-hybridized carbons (Fsp3) is 0.500. The van der Waals surface area contributed by atoms with Gasteiger partial charge in [-0.15, -0.1) is 0 Å². The Balaban J connectivity index is 1.86. The SMILES string of the molecule is COCCC(=O)NC1CCN(C(=O)c2ccc(F)cc2F)CC1. The fourth-order valence-corrected chi connectivity index (χ4v) is 2.55. The number of hydrogen-bond donors (Lipinski definition) is 1. The number of carbonyl (C=O) groups excluding carboxylic acids is 2. The van der Waals surface area contributed by atoms with E-state index in [9.17, 15) is 18.4 Å². The number of piperidine rings is 1. The summed E-state index contributed by atoms with van der Waals surface area (Å²) in [6, 6.07) is 2.93. The maximum absolute atomic E-state index is 13.7. The first-order valence-electron chi connectivity index (χ1n) is 7.54. The minimum atomic E-state index is -0.856. The lowest BCUT2D eigenvalue weighted by molar-refractivity contribution is -0.122. The average molecular weight is 326 g/mol. The zero-order valence-electron chi connectivity index (χ0n) is 13.0. The molecule has 0 spiro atoms. The van der Waals surface area contributed by atoms with Crippen LogP contribution < -0.4 is 5.32 Å². The second kappa shape index (κ2) is 8.01. The highest BCUT2D eigenvalue weighted by Crippen LogP contribution is 2.17. The lowest BCUT2D eigenvalue weighted by Crippen LogP contribution is -2.46. The molecule has 0 saturated carbocycles. The Morgan fingerprint density at radius 1 is 1.30 bits per heavy atom. The predicted molar refractivity (Wildman–Crippen MR) is 79.9 cm³/mol. The number of rotatable bonds is 5.